The summed E-state index contributed by atoms with van der Waals surface area (Å²) in [6.45, 7) is 0.305. The zero-order valence-electron chi connectivity index (χ0n) is 13.6. The van der Waals surface area contributed by atoms with Crippen molar-refractivity contribution in [3.8, 4) is 5.75 Å². The first-order chi connectivity index (χ1) is 12.5. The van der Waals surface area contributed by atoms with E-state index in [1.54, 1.807) is 36.4 Å². The number of ether oxygens (including phenoxy) is 1. The number of hydrogen-bond acceptors (Lipinski definition) is 4. The molecule has 5 nitrogen and oxygen atoms in total. The van der Waals surface area contributed by atoms with E-state index in [4.69, 9.17) is 15.3 Å². The predicted octanol–water partition coefficient (Wildman–Crippen LogP) is 3.91. The van der Waals surface area contributed by atoms with Crippen molar-refractivity contribution in [2.75, 3.05) is 0 Å². The zero-order valence-corrected chi connectivity index (χ0v) is 13.6. The number of carboxylic acids is 1. The van der Waals surface area contributed by atoms with Gasteiger partial charge in [0.1, 0.15) is 18.2 Å². The van der Waals surface area contributed by atoms with Crippen molar-refractivity contribution in [3.05, 3.63) is 95.1 Å². The number of carboxylic acid groups (broad SMARTS) is 1. The third-order valence-corrected chi connectivity index (χ3v) is 3.72. The molecule has 0 amide bonds. The van der Waals surface area contributed by atoms with Gasteiger partial charge in [-0.2, -0.15) is 0 Å². The van der Waals surface area contributed by atoms with Crippen molar-refractivity contribution < 1.29 is 19.0 Å². The molecule has 0 aliphatic rings. The molecule has 0 aliphatic heterocycles. The first-order valence-corrected chi connectivity index (χ1v) is 7.79. The molecule has 130 valence electrons. The summed E-state index contributed by atoms with van der Waals surface area (Å²) in [5.41, 5.74) is 1.93. The first kappa shape index (κ1) is 17.3. The Morgan fingerprint density at radius 2 is 1.73 bits per heavy atom. The number of carbonyl (C=O) groups is 1. The van der Waals surface area contributed by atoms with Crippen LogP contribution >= 0.6 is 0 Å². The van der Waals surface area contributed by atoms with Gasteiger partial charge in [-0.15, -0.1) is 0 Å². The number of aromatic nitrogens is 1. The van der Waals surface area contributed by atoms with E-state index in [1.807, 2.05) is 0 Å². The first-order valence-electron chi connectivity index (χ1n) is 7.79. The largest absolute Gasteiger partial charge is 0.489 e. The molecule has 0 spiro atoms. The van der Waals surface area contributed by atoms with E-state index >= 15 is 0 Å². The topological polar surface area (TPSA) is 83.3 Å². The van der Waals surface area contributed by atoms with Crippen molar-refractivity contribution in [1.82, 2.24) is 4.98 Å². The van der Waals surface area contributed by atoms with Crippen molar-refractivity contribution in [3.63, 3.8) is 0 Å². The van der Waals surface area contributed by atoms with Gasteiger partial charge in [0.2, 0.25) is 0 Å². The van der Waals surface area contributed by atoms with Gasteiger partial charge in [-0.3, -0.25) is 10.4 Å². The summed E-state index contributed by atoms with van der Waals surface area (Å²) < 4.78 is 18.5. The lowest BCUT2D eigenvalue weighted by Gasteiger charge is -2.08. The average Bonchev–Trinajstić information content (AvgIpc) is 2.67. The van der Waals surface area contributed by atoms with Gasteiger partial charge >= 0.3 is 5.97 Å². The number of pyridine rings is 1. The Kier molecular flexibility index (Phi) is 5.03. The third-order valence-electron chi connectivity index (χ3n) is 3.72. The summed E-state index contributed by atoms with van der Waals surface area (Å²) in [4.78, 5) is 15.1. The second kappa shape index (κ2) is 7.57. The monoisotopic (exact) mass is 350 g/mol. The molecule has 2 aromatic carbocycles. The summed E-state index contributed by atoms with van der Waals surface area (Å²) in [5.74, 6) is -0.749. The highest BCUT2D eigenvalue weighted by Crippen LogP contribution is 2.17. The van der Waals surface area contributed by atoms with Crippen LogP contribution in [0.1, 0.15) is 27.2 Å². The minimum Gasteiger partial charge on any atom is -0.489 e. The maximum absolute atomic E-state index is 12.9. The normalized spacial score (nSPS) is 10.3. The van der Waals surface area contributed by atoms with E-state index in [-0.39, 0.29) is 22.8 Å². The van der Waals surface area contributed by atoms with E-state index < -0.39 is 5.97 Å². The fraction of sp³-hybridized carbons (Fsp3) is 0.0500. The fourth-order valence-corrected chi connectivity index (χ4v) is 2.31. The fourth-order valence-electron chi connectivity index (χ4n) is 2.31. The van der Waals surface area contributed by atoms with Gasteiger partial charge in [0.05, 0.1) is 17.0 Å². The van der Waals surface area contributed by atoms with Crippen LogP contribution in [0, 0.1) is 11.2 Å². The summed E-state index contributed by atoms with van der Waals surface area (Å²) in [6, 6.07) is 15.6. The second-order valence-corrected chi connectivity index (χ2v) is 5.55. The standard InChI is InChI=1S/C20H15FN2O3/c21-16-5-1-13(2-6-16)12-26-17-7-3-14(4-8-17)19(22)18-11-15(20(24)25)9-10-23-18/h1-11,22H,12H2,(H,24,25). The number of nitrogens with zero attached hydrogens (tertiary/aromatic N) is 1. The molecule has 0 radical (unpaired) electrons. The third kappa shape index (κ3) is 4.10. The summed E-state index contributed by atoms with van der Waals surface area (Å²) in [7, 11) is 0. The van der Waals surface area contributed by atoms with Crippen LogP contribution in [0.25, 0.3) is 0 Å². The lowest BCUT2D eigenvalue weighted by Crippen LogP contribution is -2.07. The molecule has 0 unspecified atom stereocenters. The molecule has 3 aromatic rings. The average molecular weight is 350 g/mol. The highest BCUT2D eigenvalue weighted by molar-refractivity contribution is 6.10. The number of halogens is 1. The number of rotatable bonds is 6. The van der Waals surface area contributed by atoms with Gasteiger partial charge in [0.25, 0.3) is 0 Å². The van der Waals surface area contributed by atoms with Crippen LogP contribution in [0.2, 0.25) is 0 Å². The van der Waals surface area contributed by atoms with E-state index in [1.165, 1.54) is 30.5 Å². The summed E-state index contributed by atoms with van der Waals surface area (Å²) in [5, 5.41) is 17.2. The van der Waals surface area contributed by atoms with Crippen molar-refractivity contribution in [1.29, 1.82) is 5.41 Å². The lowest BCUT2D eigenvalue weighted by molar-refractivity contribution is 0.0696. The predicted molar refractivity (Wildman–Crippen MR) is 94.3 cm³/mol. The Labute approximate surface area is 149 Å². The van der Waals surface area contributed by atoms with Crippen molar-refractivity contribution in [2.45, 2.75) is 6.61 Å². The van der Waals surface area contributed by atoms with Gasteiger partial charge in [-0.1, -0.05) is 12.1 Å². The maximum atomic E-state index is 12.9. The van der Waals surface area contributed by atoms with Crippen LogP contribution in [-0.2, 0) is 6.61 Å². The molecule has 0 aliphatic carbocycles. The van der Waals surface area contributed by atoms with E-state index in [2.05, 4.69) is 4.98 Å². The molecule has 26 heavy (non-hydrogen) atoms. The quantitative estimate of drug-likeness (QED) is 0.660. The molecule has 0 bridgehead atoms. The SMILES string of the molecule is N=C(c1ccc(OCc2ccc(F)cc2)cc1)c1cc(C(=O)O)ccn1. The van der Waals surface area contributed by atoms with Crippen molar-refractivity contribution in [2.24, 2.45) is 0 Å². The Balaban J connectivity index is 1.68. The number of benzene rings is 2. The molecule has 2 N–H and O–H groups in total. The molecule has 6 heteroatoms. The van der Waals surface area contributed by atoms with E-state index in [0.717, 1.165) is 5.56 Å². The molecular weight excluding hydrogens is 335 g/mol. The molecule has 0 saturated carbocycles. The number of nitrogens with one attached hydrogen (secondary N) is 1. The molecule has 0 atom stereocenters. The zero-order chi connectivity index (χ0) is 18.5. The van der Waals surface area contributed by atoms with Gasteiger partial charge in [-0.25, -0.2) is 9.18 Å². The Hall–Kier alpha value is -3.54. The molecule has 0 saturated heterocycles. The Bertz CT molecular complexity index is 938. The van der Waals surface area contributed by atoms with Crippen LogP contribution in [0.15, 0.2) is 66.9 Å². The molecule has 0 fully saturated rings. The number of aromatic carboxylic acids is 1. The molecule has 1 heterocycles. The minimum absolute atomic E-state index is 0.0824. The highest BCUT2D eigenvalue weighted by Gasteiger charge is 2.10. The smallest absolute Gasteiger partial charge is 0.335 e. The van der Waals surface area contributed by atoms with Gasteiger partial charge in [-0.05, 0) is 54.1 Å². The van der Waals surface area contributed by atoms with Gasteiger partial charge < -0.3 is 9.84 Å². The Morgan fingerprint density at radius 1 is 1.04 bits per heavy atom. The maximum Gasteiger partial charge on any atom is 0.335 e. The van der Waals surface area contributed by atoms with Crippen LogP contribution < -0.4 is 4.74 Å². The molecular formula is C20H15FN2O3. The summed E-state index contributed by atoms with van der Waals surface area (Å²) in [6.07, 6.45) is 1.37. The summed E-state index contributed by atoms with van der Waals surface area (Å²) >= 11 is 0. The van der Waals surface area contributed by atoms with Crippen LogP contribution in [0.5, 0.6) is 5.75 Å². The van der Waals surface area contributed by atoms with E-state index in [0.29, 0.717) is 17.9 Å². The van der Waals surface area contributed by atoms with Crippen LogP contribution in [0.4, 0.5) is 4.39 Å². The van der Waals surface area contributed by atoms with E-state index in [9.17, 15) is 9.18 Å². The molecule has 3 rings (SSSR count). The lowest BCUT2D eigenvalue weighted by atomic mass is 10.1. The van der Waals surface area contributed by atoms with Gasteiger partial charge in [0.15, 0.2) is 0 Å². The second-order valence-electron chi connectivity index (χ2n) is 5.55. The highest BCUT2D eigenvalue weighted by atomic mass is 19.1. The van der Waals surface area contributed by atoms with Crippen LogP contribution in [0.3, 0.4) is 0 Å². The minimum atomic E-state index is -1.06. The number of hydrogen-bond donors (Lipinski definition) is 2. The molecule has 1 aromatic heterocycles. The van der Waals surface area contributed by atoms with Gasteiger partial charge in [0, 0.05) is 11.8 Å². The van der Waals surface area contributed by atoms with Crippen molar-refractivity contribution >= 4 is 11.7 Å². The van der Waals surface area contributed by atoms with Crippen LogP contribution in [-0.4, -0.2) is 21.8 Å². The Morgan fingerprint density at radius 3 is 2.38 bits per heavy atom.